The van der Waals surface area contributed by atoms with Crippen molar-refractivity contribution >= 4 is 8.56 Å². The summed E-state index contributed by atoms with van der Waals surface area (Å²) < 4.78 is 4.63. The summed E-state index contributed by atoms with van der Waals surface area (Å²) in [6.07, 6.45) is 0. The Labute approximate surface area is 82.1 Å². The summed E-state index contributed by atoms with van der Waals surface area (Å²) in [4.78, 5) is 8.74. The minimum absolute atomic E-state index is 0. The Morgan fingerprint density at radius 1 is 1.10 bits per heavy atom. The fourth-order valence-electron chi connectivity index (χ4n) is 0. The summed E-state index contributed by atoms with van der Waals surface area (Å²) in [5.74, 6) is 0. The van der Waals surface area contributed by atoms with Crippen molar-refractivity contribution in [3.05, 3.63) is 22.3 Å². The van der Waals surface area contributed by atoms with Crippen molar-refractivity contribution in [2.75, 3.05) is 7.11 Å². The van der Waals surface area contributed by atoms with Crippen molar-refractivity contribution in [1.29, 1.82) is 0 Å². The molecular weight excluding hydrogens is 180 g/mol. The zero-order chi connectivity index (χ0) is 5.21. The van der Waals surface area contributed by atoms with Crippen LogP contribution >= 0.6 is 0 Å². The summed E-state index contributed by atoms with van der Waals surface area (Å²) in [6.45, 7) is 3.43. The molecule has 0 rings (SSSR count). The van der Waals surface area contributed by atoms with Crippen molar-refractivity contribution in [3.8, 4) is 0 Å². The van der Waals surface area contributed by atoms with Crippen LogP contribution in [0.1, 0.15) is 0 Å². The summed E-state index contributed by atoms with van der Waals surface area (Å²) in [5.41, 5.74) is 0. The van der Waals surface area contributed by atoms with E-state index < -0.39 is 8.56 Å². The minimum atomic E-state index is -2.13. The van der Waals surface area contributed by atoms with Crippen LogP contribution in [-0.4, -0.2) is 20.5 Å². The van der Waals surface area contributed by atoms with Gasteiger partial charge in [0.05, 0.1) is 0 Å². The standard InChI is InChI=1S/C3H10O2Si.3CH3.Ti/c1-5-6(2,3)4;;;;/h4H,1-3H3;3*1H3;/q;3*-1;+3. The molecule has 0 aliphatic carbocycles. The van der Waals surface area contributed by atoms with E-state index in [1.165, 1.54) is 7.11 Å². The van der Waals surface area contributed by atoms with E-state index in [1.54, 1.807) is 13.1 Å². The van der Waals surface area contributed by atoms with E-state index in [4.69, 9.17) is 4.80 Å². The van der Waals surface area contributed by atoms with E-state index in [-0.39, 0.29) is 44.0 Å². The van der Waals surface area contributed by atoms with Gasteiger partial charge in [-0.25, -0.2) is 0 Å². The maximum atomic E-state index is 8.74. The summed E-state index contributed by atoms with van der Waals surface area (Å²) in [5, 5.41) is 0. The molecule has 2 nitrogen and oxygen atoms in total. The summed E-state index contributed by atoms with van der Waals surface area (Å²) >= 11 is 0. The Bertz CT molecular complexity index is 45.5. The number of hydrogen-bond donors (Lipinski definition) is 1. The summed E-state index contributed by atoms with van der Waals surface area (Å²) in [6, 6.07) is 0. The molecule has 0 saturated carbocycles. The van der Waals surface area contributed by atoms with Crippen LogP contribution in [0.2, 0.25) is 13.1 Å². The Hall–Kier alpha value is 0.851. The van der Waals surface area contributed by atoms with Crippen LogP contribution in [0.25, 0.3) is 0 Å². The van der Waals surface area contributed by atoms with Gasteiger partial charge in [0.1, 0.15) is 0 Å². The maximum Gasteiger partial charge on any atom is 3.00 e. The van der Waals surface area contributed by atoms with Gasteiger partial charge in [0.2, 0.25) is 0 Å². The number of hydrogen-bond acceptors (Lipinski definition) is 2. The van der Waals surface area contributed by atoms with Crippen LogP contribution in [0.4, 0.5) is 0 Å². The molecule has 0 unspecified atom stereocenters. The normalized spacial score (nSPS) is 7.20. The van der Waals surface area contributed by atoms with Crippen molar-refractivity contribution in [2.24, 2.45) is 0 Å². The molecule has 0 aromatic heterocycles. The molecule has 0 aromatic rings. The Morgan fingerprint density at radius 3 is 1.20 bits per heavy atom. The van der Waals surface area contributed by atoms with E-state index in [1.807, 2.05) is 0 Å². The van der Waals surface area contributed by atoms with Gasteiger partial charge in [0.25, 0.3) is 0 Å². The zero-order valence-corrected chi connectivity index (χ0v) is 10.4. The average Bonchev–Trinajstić information content (AvgIpc) is 1.35. The molecule has 0 spiro atoms. The second-order valence-electron chi connectivity index (χ2n) is 1.65. The molecule has 1 radical (unpaired) electrons. The van der Waals surface area contributed by atoms with Crippen LogP contribution in [0, 0.1) is 22.3 Å². The average molecular weight is 199 g/mol. The molecule has 10 heavy (non-hydrogen) atoms. The first-order valence-electron chi connectivity index (χ1n) is 1.84. The Balaban J connectivity index is -0.0000000208. The van der Waals surface area contributed by atoms with Crippen LogP contribution < -0.4 is 0 Å². The summed E-state index contributed by atoms with van der Waals surface area (Å²) in [7, 11) is -0.611. The Kier molecular flexibility index (Phi) is 38.5. The van der Waals surface area contributed by atoms with Gasteiger partial charge in [-0.15, -0.1) is 0 Å². The molecule has 0 fully saturated rings. The molecular formula is C6H19O2SiTi. The van der Waals surface area contributed by atoms with E-state index >= 15 is 0 Å². The molecule has 63 valence electrons. The molecule has 0 aliphatic heterocycles. The molecule has 0 atom stereocenters. The van der Waals surface area contributed by atoms with E-state index in [0.717, 1.165) is 0 Å². The Morgan fingerprint density at radius 2 is 1.20 bits per heavy atom. The fourth-order valence-corrected chi connectivity index (χ4v) is 0. The van der Waals surface area contributed by atoms with Crippen molar-refractivity contribution in [1.82, 2.24) is 0 Å². The third-order valence-corrected chi connectivity index (χ3v) is 1.50. The topological polar surface area (TPSA) is 29.5 Å². The number of rotatable bonds is 1. The SMILES string of the molecule is CO[Si](C)(C)O.[CH3-].[CH3-].[CH3-].[Ti+3]. The van der Waals surface area contributed by atoms with Crippen LogP contribution in [0.3, 0.4) is 0 Å². The predicted molar refractivity (Wildman–Crippen MR) is 46.0 cm³/mol. The second-order valence-corrected chi connectivity index (χ2v) is 4.95. The monoisotopic (exact) mass is 199 g/mol. The quantitative estimate of drug-likeness (QED) is 0.514. The van der Waals surface area contributed by atoms with E-state index in [9.17, 15) is 0 Å². The van der Waals surface area contributed by atoms with Gasteiger partial charge in [0.15, 0.2) is 0 Å². The van der Waals surface area contributed by atoms with Crippen LogP contribution in [-0.2, 0) is 26.1 Å². The van der Waals surface area contributed by atoms with Crippen LogP contribution in [0.15, 0.2) is 0 Å². The van der Waals surface area contributed by atoms with Gasteiger partial charge in [-0.1, -0.05) is 0 Å². The minimum Gasteiger partial charge on any atom is -0.411 e. The molecule has 4 heteroatoms. The van der Waals surface area contributed by atoms with Gasteiger partial charge in [-0.2, -0.15) is 0 Å². The molecule has 0 saturated heterocycles. The van der Waals surface area contributed by atoms with Crippen molar-refractivity contribution < 1.29 is 30.9 Å². The first kappa shape index (κ1) is 30.8. The van der Waals surface area contributed by atoms with Gasteiger partial charge < -0.3 is 31.5 Å². The van der Waals surface area contributed by atoms with Gasteiger partial charge in [-0.05, 0) is 13.1 Å². The fraction of sp³-hybridized carbons (Fsp3) is 0.500. The maximum absolute atomic E-state index is 8.74. The van der Waals surface area contributed by atoms with E-state index in [0.29, 0.717) is 0 Å². The molecule has 0 aromatic carbocycles. The largest absolute Gasteiger partial charge is 3.00 e. The first-order valence-corrected chi connectivity index (χ1v) is 4.69. The molecule has 1 N–H and O–H groups in total. The first-order chi connectivity index (χ1) is 2.56. The van der Waals surface area contributed by atoms with Gasteiger partial charge in [-0.3, -0.25) is 0 Å². The van der Waals surface area contributed by atoms with Crippen molar-refractivity contribution in [3.63, 3.8) is 0 Å². The smallest absolute Gasteiger partial charge is 0.411 e. The van der Waals surface area contributed by atoms with Gasteiger partial charge >= 0.3 is 30.3 Å². The third kappa shape index (κ3) is 36.8. The predicted octanol–water partition coefficient (Wildman–Crippen LogP) is 1.68. The molecule has 0 aliphatic rings. The van der Waals surface area contributed by atoms with Crippen molar-refractivity contribution in [2.45, 2.75) is 13.1 Å². The molecule has 0 heterocycles. The third-order valence-electron chi connectivity index (χ3n) is 0.500. The van der Waals surface area contributed by atoms with Gasteiger partial charge in [0, 0.05) is 7.11 Å². The zero-order valence-electron chi connectivity index (χ0n) is 7.86. The second kappa shape index (κ2) is 12.5. The molecule has 0 amide bonds. The van der Waals surface area contributed by atoms with Crippen LogP contribution in [0.5, 0.6) is 0 Å². The molecule has 0 bridgehead atoms. The van der Waals surface area contributed by atoms with E-state index in [2.05, 4.69) is 4.43 Å².